The average Bonchev–Trinajstić information content (AvgIpc) is 2.81. The quantitative estimate of drug-likeness (QED) is 0.242. The van der Waals surface area contributed by atoms with E-state index in [0.29, 0.717) is 11.6 Å². The topological polar surface area (TPSA) is 40.6 Å². The third-order valence-electron chi connectivity index (χ3n) is 6.98. The van der Waals surface area contributed by atoms with E-state index in [1.54, 1.807) is 0 Å². The summed E-state index contributed by atoms with van der Waals surface area (Å²) in [7, 11) is 0. The van der Waals surface area contributed by atoms with Crippen LogP contribution in [0.1, 0.15) is 129 Å². The Hall–Kier alpha value is -0.740. The molecule has 0 aromatic heterocycles. The van der Waals surface area contributed by atoms with Crippen molar-refractivity contribution in [2.45, 2.75) is 129 Å². The van der Waals surface area contributed by atoms with Crippen LogP contribution in [0.5, 0.6) is 0 Å². The van der Waals surface area contributed by atoms with Crippen LogP contribution in [0.3, 0.4) is 0 Å². The van der Waals surface area contributed by atoms with E-state index in [9.17, 15) is 9.59 Å². The number of unbranched alkanes of at least 4 members (excludes halogenated alkanes) is 12. The molecule has 0 amide bonds. The lowest BCUT2D eigenvalue weighted by Gasteiger charge is -2.25. The number of hydrogen-bond donors (Lipinski definition) is 0. The monoisotopic (exact) mass is 450 g/mol. The SMILES string of the molecule is CCCCCCCCCN1CCC(=O)CC1.CCCCCCCCCN1CCC(=O)CC1. The van der Waals surface area contributed by atoms with Crippen LogP contribution < -0.4 is 0 Å². The van der Waals surface area contributed by atoms with Crippen molar-refractivity contribution < 1.29 is 9.59 Å². The Morgan fingerprint density at radius 2 is 0.750 bits per heavy atom. The molecule has 2 aliphatic heterocycles. The second-order valence-electron chi connectivity index (χ2n) is 10.0. The molecule has 4 nitrogen and oxygen atoms in total. The Bertz CT molecular complexity index is 404. The summed E-state index contributed by atoms with van der Waals surface area (Å²) >= 11 is 0. The number of likely N-dealkylation sites (tertiary alicyclic amines) is 2. The molecular weight excluding hydrogens is 396 g/mol. The van der Waals surface area contributed by atoms with Gasteiger partial charge in [-0.15, -0.1) is 0 Å². The lowest BCUT2D eigenvalue weighted by atomic mass is 10.1. The van der Waals surface area contributed by atoms with E-state index >= 15 is 0 Å². The second kappa shape index (κ2) is 20.8. The van der Waals surface area contributed by atoms with Crippen molar-refractivity contribution in [1.29, 1.82) is 0 Å². The van der Waals surface area contributed by atoms with Crippen molar-refractivity contribution in [1.82, 2.24) is 9.80 Å². The molecule has 32 heavy (non-hydrogen) atoms. The Labute approximate surface area is 199 Å². The van der Waals surface area contributed by atoms with Crippen LogP contribution in [-0.4, -0.2) is 60.6 Å². The van der Waals surface area contributed by atoms with Gasteiger partial charge >= 0.3 is 0 Å². The highest BCUT2D eigenvalue weighted by Gasteiger charge is 2.15. The minimum absolute atomic E-state index is 0.454. The van der Waals surface area contributed by atoms with Crippen LogP contribution in [0.15, 0.2) is 0 Å². The van der Waals surface area contributed by atoms with Crippen molar-refractivity contribution in [3.63, 3.8) is 0 Å². The normalized spacial score (nSPS) is 17.9. The van der Waals surface area contributed by atoms with E-state index in [0.717, 1.165) is 51.9 Å². The van der Waals surface area contributed by atoms with Gasteiger partial charge in [-0.05, 0) is 25.9 Å². The van der Waals surface area contributed by atoms with E-state index in [2.05, 4.69) is 23.6 Å². The molecule has 188 valence electrons. The Morgan fingerprint density at radius 3 is 1.06 bits per heavy atom. The zero-order valence-electron chi connectivity index (χ0n) is 21.7. The maximum absolute atomic E-state index is 11.1. The van der Waals surface area contributed by atoms with E-state index in [1.165, 1.54) is 103 Å². The molecule has 0 unspecified atom stereocenters. The van der Waals surface area contributed by atoms with Crippen LogP contribution in [0.2, 0.25) is 0 Å². The first-order valence-electron chi connectivity index (χ1n) is 14.1. The van der Waals surface area contributed by atoms with Gasteiger partial charge < -0.3 is 9.80 Å². The van der Waals surface area contributed by atoms with Gasteiger partial charge in [0.25, 0.3) is 0 Å². The molecule has 2 fully saturated rings. The molecule has 0 spiro atoms. The molecule has 4 heteroatoms. The lowest BCUT2D eigenvalue weighted by molar-refractivity contribution is -0.122. The number of hydrogen-bond acceptors (Lipinski definition) is 4. The fourth-order valence-electron chi connectivity index (χ4n) is 4.64. The minimum atomic E-state index is 0.454. The molecule has 2 rings (SSSR count). The van der Waals surface area contributed by atoms with Gasteiger partial charge in [-0.1, -0.05) is 90.9 Å². The first-order valence-corrected chi connectivity index (χ1v) is 14.1. The van der Waals surface area contributed by atoms with Gasteiger partial charge in [0, 0.05) is 51.9 Å². The van der Waals surface area contributed by atoms with Crippen LogP contribution in [0.25, 0.3) is 0 Å². The predicted molar refractivity (Wildman–Crippen MR) is 137 cm³/mol. The largest absolute Gasteiger partial charge is 0.302 e. The summed E-state index contributed by atoms with van der Waals surface area (Å²) in [5.41, 5.74) is 0. The standard InChI is InChI=1S/2C14H27NO/c2*1-2-3-4-5-6-7-8-11-15-12-9-14(16)10-13-15/h2*2-13H2,1H3. The maximum Gasteiger partial charge on any atom is 0.135 e. The van der Waals surface area contributed by atoms with Crippen LogP contribution in [0, 0.1) is 0 Å². The molecule has 0 saturated carbocycles. The third kappa shape index (κ3) is 16.8. The van der Waals surface area contributed by atoms with E-state index < -0.39 is 0 Å². The van der Waals surface area contributed by atoms with Crippen molar-refractivity contribution in [3.05, 3.63) is 0 Å². The summed E-state index contributed by atoms with van der Waals surface area (Å²) in [6.07, 6.45) is 22.4. The Balaban J connectivity index is 0.000000320. The molecular formula is C28H54N2O2. The zero-order chi connectivity index (χ0) is 23.3. The summed E-state index contributed by atoms with van der Waals surface area (Å²) in [5.74, 6) is 0.909. The predicted octanol–water partition coefficient (Wildman–Crippen LogP) is 6.80. The van der Waals surface area contributed by atoms with Crippen molar-refractivity contribution >= 4 is 11.6 Å². The summed E-state index contributed by atoms with van der Waals surface area (Å²) < 4.78 is 0. The molecule has 0 N–H and O–H groups in total. The van der Waals surface area contributed by atoms with Gasteiger partial charge in [0.2, 0.25) is 0 Å². The molecule has 0 aromatic carbocycles. The van der Waals surface area contributed by atoms with E-state index in [-0.39, 0.29) is 0 Å². The van der Waals surface area contributed by atoms with Crippen LogP contribution >= 0.6 is 0 Å². The summed E-state index contributed by atoms with van der Waals surface area (Å²) in [4.78, 5) is 27.0. The first kappa shape index (κ1) is 29.3. The number of nitrogens with zero attached hydrogens (tertiary/aromatic N) is 2. The molecule has 0 atom stereocenters. The summed E-state index contributed by atoms with van der Waals surface area (Å²) in [6.45, 7) is 11.0. The number of rotatable bonds is 16. The van der Waals surface area contributed by atoms with Crippen molar-refractivity contribution in [2.24, 2.45) is 0 Å². The van der Waals surface area contributed by atoms with Gasteiger partial charge in [-0.25, -0.2) is 0 Å². The van der Waals surface area contributed by atoms with Crippen LogP contribution in [-0.2, 0) is 9.59 Å². The highest BCUT2D eigenvalue weighted by Crippen LogP contribution is 2.11. The highest BCUT2D eigenvalue weighted by molar-refractivity contribution is 5.79. The average molecular weight is 451 g/mol. The summed E-state index contributed by atoms with van der Waals surface area (Å²) in [5, 5.41) is 0. The zero-order valence-corrected chi connectivity index (χ0v) is 21.7. The molecule has 0 radical (unpaired) electrons. The van der Waals surface area contributed by atoms with Crippen molar-refractivity contribution in [3.8, 4) is 0 Å². The Kier molecular flexibility index (Phi) is 19.1. The van der Waals surface area contributed by atoms with Crippen LogP contribution in [0.4, 0.5) is 0 Å². The highest BCUT2D eigenvalue weighted by atomic mass is 16.1. The van der Waals surface area contributed by atoms with Crippen molar-refractivity contribution in [2.75, 3.05) is 39.3 Å². The molecule has 2 saturated heterocycles. The third-order valence-corrected chi connectivity index (χ3v) is 6.98. The summed E-state index contributed by atoms with van der Waals surface area (Å²) in [6, 6.07) is 0. The first-order chi connectivity index (χ1) is 15.7. The maximum atomic E-state index is 11.1. The van der Waals surface area contributed by atoms with E-state index in [1.807, 2.05) is 0 Å². The van der Waals surface area contributed by atoms with Gasteiger partial charge in [-0.3, -0.25) is 9.59 Å². The van der Waals surface area contributed by atoms with E-state index in [4.69, 9.17) is 0 Å². The molecule has 0 bridgehead atoms. The number of carbonyl (C=O) groups is 2. The second-order valence-corrected chi connectivity index (χ2v) is 10.0. The fourth-order valence-corrected chi connectivity index (χ4v) is 4.64. The number of carbonyl (C=O) groups excluding carboxylic acids is 2. The number of piperidine rings is 2. The van der Waals surface area contributed by atoms with Gasteiger partial charge in [0.1, 0.15) is 11.6 Å². The molecule has 0 aliphatic carbocycles. The Morgan fingerprint density at radius 1 is 0.469 bits per heavy atom. The van der Waals surface area contributed by atoms with Gasteiger partial charge in [0.05, 0.1) is 0 Å². The minimum Gasteiger partial charge on any atom is -0.302 e. The van der Waals surface area contributed by atoms with Gasteiger partial charge in [-0.2, -0.15) is 0 Å². The smallest absolute Gasteiger partial charge is 0.135 e. The molecule has 2 heterocycles. The number of Topliss-reactive ketones (excluding diaryl/α,β-unsaturated/α-hetero) is 2. The number of ketones is 2. The molecule has 2 aliphatic rings. The fraction of sp³-hybridized carbons (Fsp3) is 0.929. The van der Waals surface area contributed by atoms with Gasteiger partial charge in [0.15, 0.2) is 0 Å². The molecule has 0 aromatic rings. The lowest BCUT2D eigenvalue weighted by Crippen LogP contribution is -2.34.